The van der Waals surface area contributed by atoms with Gasteiger partial charge in [0.2, 0.25) is 11.8 Å². The van der Waals surface area contributed by atoms with Crippen LogP contribution in [0.25, 0.3) is 0 Å². The second-order valence-electron chi connectivity index (χ2n) is 10.4. The molecule has 3 amide bonds. The van der Waals surface area contributed by atoms with Gasteiger partial charge in [-0.15, -0.1) is 0 Å². The second-order valence-corrected chi connectivity index (χ2v) is 11.4. The van der Waals surface area contributed by atoms with Crippen molar-refractivity contribution in [2.24, 2.45) is 0 Å². The van der Waals surface area contributed by atoms with E-state index in [9.17, 15) is 14.4 Å². The van der Waals surface area contributed by atoms with E-state index < -0.39 is 29.3 Å². The van der Waals surface area contributed by atoms with Gasteiger partial charge in [0.15, 0.2) is 0 Å². The molecule has 2 atom stereocenters. The van der Waals surface area contributed by atoms with Crippen molar-refractivity contribution < 1.29 is 19.1 Å². The topological polar surface area (TPSA) is 87.7 Å². The standard InChI is InChI=1S/C25H41N3O4S/c1-16-11-12-17(2)18(15-16)20(21(29)27-24(3,4)5)28(9)22(30)19(13-14-33-10)26-23(31)32-25(6,7)8/h11-12,15,19-20H,13-14H2,1-10H3,(H,26,31)(H,27,29). The Morgan fingerprint density at radius 2 is 1.70 bits per heavy atom. The van der Waals surface area contributed by atoms with Gasteiger partial charge < -0.3 is 20.3 Å². The number of rotatable bonds is 8. The number of carbonyl (C=O) groups is 3. The predicted molar refractivity (Wildman–Crippen MR) is 135 cm³/mol. The summed E-state index contributed by atoms with van der Waals surface area (Å²) in [7, 11) is 1.61. The quantitative estimate of drug-likeness (QED) is 0.578. The van der Waals surface area contributed by atoms with Crippen LogP contribution in [0.1, 0.15) is 70.7 Å². The van der Waals surface area contributed by atoms with Crippen LogP contribution < -0.4 is 10.6 Å². The van der Waals surface area contributed by atoms with Gasteiger partial charge >= 0.3 is 6.09 Å². The molecular weight excluding hydrogens is 438 g/mol. The van der Waals surface area contributed by atoms with Crippen molar-refractivity contribution in [3.8, 4) is 0 Å². The lowest BCUT2D eigenvalue weighted by molar-refractivity contribution is -0.141. The highest BCUT2D eigenvalue weighted by molar-refractivity contribution is 7.98. The number of carbonyl (C=O) groups excluding carboxylic acids is 3. The van der Waals surface area contributed by atoms with Crippen LogP contribution in [-0.2, 0) is 14.3 Å². The van der Waals surface area contributed by atoms with Gasteiger partial charge in [0, 0.05) is 12.6 Å². The number of nitrogens with one attached hydrogen (secondary N) is 2. The molecule has 0 radical (unpaired) electrons. The molecular formula is C25H41N3O4S. The first-order chi connectivity index (χ1) is 15.1. The number of nitrogens with zero attached hydrogens (tertiary/aromatic N) is 1. The Morgan fingerprint density at radius 1 is 1.09 bits per heavy atom. The van der Waals surface area contributed by atoms with Crippen LogP contribution in [0, 0.1) is 13.8 Å². The average Bonchev–Trinajstić information content (AvgIpc) is 2.64. The summed E-state index contributed by atoms with van der Waals surface area (Å²) >= 11 is 1.58. The molecule has 0 bridgehead atoms. The van der Waals surface area contributed by atoms with Crippen LogP contribution >= 0.6 is 11.8 Å². The average molecular weight is 480 g/mol. The molecule has 1 rings (SSSR count). The minimum atomic E-state index is -0.839. The normalized spacial score (nSPS) is 13.6. The molecule has 186 valence electrons. The van der Waals surface area contributed by atoms with Gasteiger partial charge in [-0.1, -0.05) is 23.8 Å². The number of alkyl carbamates (subject to hydrolysis) is 1. The SMILES string of the molecule is CSCCC(NC(=O)OC(C)(C)C)C(=O)N(C)C(C(=O)NC(C)(C)C)c1cc(C)ccc1C. The van der Waals surface area contributed by atoms with E-state index in [4.69, 9.17) is 4.74 Å². The Hall–Kier alpha value is -2.22. The zero-order chi connectivity index (χ0) is 25.6. The fraction of sp³-hybridized carbons (Fsp3) is 0.640. The fourth-order valence-corrected chi connectivity index (χ4v) is 3.81. The molecule has 1 aromatic rings. The molecule has 0 heterocycles. The highest BCUT2D eigenvalue weighted by Crippen LogP contribution is 2.26. The lowest BCUT2D eigenvalue weighted by Crippen LogP contribution is -2.53. The van der Waals surface area contributed by atoms with E-state index >= 15 is 0 Å². The molecule has 0 spiro atoms. The number of aryl methyl sites for hydroxylation is 2. The molecule has 0 aliphatic rings. The van der Waals surface area contributed by atoms with Gasteiger partial charge in [0.1, 0.15) is 17.7 Å². The number of hydrogen-bond donors (Lipinski definition) is 2. The molecule has 0 aliphatic heterocycles. The third kappa shape index (κ3) is 9.66. The summed E-state index contributed by atoms with van der Waals surface area (Å²) in [5, 5.41) is 5.72. The van der Waals surface area contributed by atoms with Gasteiger partial charge in [-0.05, 0) is 84.9 Å². The fourth-order valence-electron chi connectivity index (χ4n) is 3.33. The van der Waals surface area contributed by atoms with Gasteiger partial charge in [-0.3, -0.25) is 9.59 Å². The van der Waals surface area contributed by atoms with E-state index in [0.717, 1.165) is 16.7 Å². The maximum Gasteiger partial charge on any atom is 0.408 e. The summed E-state index contributed by atoms with van der Waals surface area (Å²) in [5.41, 5.74) is 1.51. The van der Waals surface area contributed by atoms with Gasteiger partial charge in [0.25, 0.3) is 0 Å². The molecule has 7 nitrogen and oxygen atoms in total. The van der Waals surface area contributed by atoms with Crippen molar-refractivity contribution in [1.29, 1.82) is 0 Å². The number of likely N-dealkylation sites (N-methyl/N-ethyl adjacent to an activating group) is 1. The summed E-state index contributed by atoms with van der Waals surface area (Å²) in [6.45, 7) is 14.9. The highest BCUT2D eigenvalue weighted by atomic mass is 32.2. The van der Waals surface area contributed by atoms with Gasteiger partial charge in [-0.25, -0.2) is 4.79 Å². The van der Waals surface area contributed by atoms with Crippen molar-refractivity contribution in [1.82, 2.24) is 15.5 Å². The van der Waals surface area contributed by atoms with Crippen LogP contribution in [0.15, 0.2) is 18.2 Å². The van der Waals surface area contributed by atoms with Crippen molar-refractivity contribution in [2.75, 3.05) is 19.1 Å². The summed E-state index contributed by atoms with van der Waals surface area (Å²) in [6.07, 6.45) is 1.70. The zero-order valence-corrected chi connectivity index (χ0v) is 22.6. The van der Waals surface area contributed by atoms with E-state index in [1.807, 2.05) is 59.1 Å². The Morgan fingerprint density at radius 3 is 2.21 bits per heavy atom. The Labute approximate surface area is 203 Å². The Bertz CT molecular complexity index is 843. The Balaban J connectivity index is 3.34. The first kappa shape index (κ1) is 28.8. The molecule has 2 unspecified atom stereocenters. The van der Waals surface area contributed by atoms with Crippen molar-refractivity contribution in [2.45, 2.75) is 85.0 Å². The van der Waals surface area contributed by atoms with Gasteiger partial charge in [0.05, 0.1) is 0 Å². The monoisotopic (exact) mass is 479 g/mol. The molecule has 0 fully saturated rings. The minimum absolute atomic E-state index is 0.270. The number of ether oxygens (including phenoxy) is 1. The lowest BCUT2D eigenvalue weighted by atomic mass is 9.95. The predicted octanol–water partition coefficient (Wildman–Crippen LogP) is 4.36. The maximum absolute atomic E-state index is 13.6. The summed E-state index contributed by atoms with van der Waals surface area (Å²) in [4.78, 5) is 40.9. The highest BCUT2D eigenvalue weighted by Gasteiger charge is 2.35. The number of benzene rings is 1. The summed E-state index contributed by atoms with van der Waals surface area (Å²) < 4.78 is 5.36. The number of hydrogen-bond acceptors (Lipinski definition) is 5. The van der Waals surface area contributed by atoms with Crippen LogP contribution in [-0.4, -0.2) is 59.0 Å². The van der Waals surface area contributed by atoms with E-state index in [0.29, 0.717) is 12.2 Å². The maximum atomic E-state index is 13.6. The van der Waals surface area contributed by atoms with E-state index in [-0.39, 0.29) is 11.8 Å². The summed E-state index contributed by atoms with van der Waals surface area (Å²) in [5.74, 6) is 0.0559. The van der Waals surface area contributed by atoms with E-state index in [1.165, 1.54) is 4.90 Å². The number of thioether (sulfide) groups is 1. The first-order valence-electron chi connectivity index (χ1n) is 11.2. The molecule has 1 aromatic carbocycles. The molecule has 33 heavy (non-hydrogen) atoms. The third-order valence-electron chi connectivity index (χ3n) is 4.81. The van der Waals surface area contributed by atoms with Crippen molar-refractivity contribution in [3.63, 3.8) is 0 Å². The molecule has 8 heteroatoms. The smallest absolute Gasteiger partial charge is 0.408 e. The van der Waals surface area contributed by atoms with Gasteiger partial charge in [-0.2, -0.15) is 11.8 Å². The first-order valence-corrected chi connectivity index (χ1v) is 12.6. The summed E-state index contributed by atoms with van der Waals surface area (Å²) in [6, 6.07) is 4.21. The largest absolute Gasteiger partial charge is 0.444 e. The van der Waals surface area contributed by atoms with Crippen molar-refractivity contribution >= 4 is 29.7 Å². The number of amides is 3. The molecule has 0 aromatic heterocycles. The zero-order valence-electron chi connectivity index (χ0n) is 21.8. The van der Waals surface area contributed by atoms with Crippen LogP contribution in [0.5, 0.6) is 0 Å². The van der Waals surface area contributed by atoms with Crippen LogP contribution in [0.3, 0.4) is 0 Å². The van der Waals surface area contributed by atoms with E-state index in [1.54, 1.807) is 39.6 Å². The van der Waals surface area contributed by atoms with E-state index in [2.05, 4.69) is 10.6 Å². The minimum Gasteiger partial charge on any atom is -0.444 e. The lowest BCUT2D eigenvalue weighted by Gasteiger charge is -2.34. The van der Waals surface area contributed by atoms with Crippen molar-refractivity contribution in [3.05, 3.63) is 34.9 Å². The Kier molecular flexibility index (Phi) is 10.3. The molecule has 0 saturated carbocycles. The third-order valence-corrected chi connectivity index (χ3v) is 5.45. The molecule has 0 saturated heterocycles. The molecule has 0 aliphatic carbocycles. The second kappa shape index (κ2) is 11.8. The van der Waals surface area contributed by atoms with Crippen LogP contribution in [0.4, 0.5) is 4.79 Å². The molecule has 2 N–H and O–H groups in total. The van der Waals surface area contributed by atoms with Crippen LogP contribution in [0.2, 0.25) is 0 Å².